The van der Waals surface area contributed by atoms with Gasteiger partial charge in [-0.05, 0) is 19.9 Å². The minimum absolute atomic E-state index is 0.0871. The number of hydrogen-bond acceptors (Lipinski definition) is 5. The SMILES string of the molecule is COC(=O)c1cc(N)cc(OC)c1OC(C)C. The van der Waals surface area contributed by atoms with Crippen molar-refractivity contribution >= 4 is 11.7 Å². The molecule has 0 aliphatic heterocycles. The van der Waals surface area contributed by atoms with Crippen molar-refractivity contribution in [1.82, 2.24) is 0 Å². The van der Waals surface area contributed by atoms with Gasteiger partial charge in [0.2, 0.25) is 0 Å². The molecule has 0 aliphatic carbocycles. The lowest BCUT2D eigenvalue weighted by atomic mass is 10.1. The van der Waals surface area contributed by atoms with Gasteiger partial charge in [-0.15, -0.1) is 0 Å². The van der Waals surface area contributed by atoms with E-state index in [1.54, 1.807) is 6.07 Å². The van der Waals surface area contributed by atoms with Gasteiger partial charge in [0.1, 0.15) is 5.56 Å². The second kappa shape index (κ2) is 5.43. The van der Waals surface area contributed by atoms with Gasteiger partial charge in [0, 0.05) is 11.8 Å². The van der Waals surface area contributed by atoms with Crippen LogP contribution in [0.1, 0.15) is 24.2 Å². The number of nitrogens with two attached hydrogens (primary N) is 1. The van der Waals surface area contributed by atoms with Gasteiger partial charge < -0.3 is 19.9 Å². The molecule has 0 saturated carbocycles. The lowest BCUT2D eigenvalue weighted by Crippen LogP contribution is -2.12. The molecule has 0 aliphatic rings. The molecule has 2 N–H and O–H groups in total. The first kappa shape index (κ1) is 13.2. The maximum absolute atomic E-state index is 11.6. The van der Waals surface area contributed by atoms with E-state index in [2.05, 4.69) is 4.74 Å². The molecule has 0 bridgehead atoms. The standard InChI is InChI=1S/C12H17NO4/c1-7(2)17-11-9(12(14)16-4)5-8(13)6-10(11)15-3/h5-7H,13H2,1-4H3. The predicted octanol–water partition coefficient (Wildman–Crippen LogP) is 1.85. The molecule has 0 radical (unpaired) electrons. The molecule has 0 atom stereocenters. The van der Waals surface area contributed by atoms with E-state index in [0.29, 0.717) is 17.2 Å². The molecule has 5 nitrogen and oxygen atoms in total. The average molecular weight is 239 g/mol. The summed E-state index contributed by atoms with van der Waals surface area (Å²) in [6.07, 6.45) is -0.0871. The third-order valence-electron chi connectivity index (χ3n) is 2.06. The zero-order valence-corrected chi connectivity index (χ0v) is 10.4. The number of ether oxygens (including phenoxy) is 3. The molecular weight excluding hydrogens is 222 g/mol. The first-order valence-electron chi connectivity index (χ1n) is 5.22. The molecule has 94 valence electrons. The van der Waals surface area contributed by atoms with Crippen LogP contribution < -0.4 is 15.2 Å². The highest BCUT2D eigenvalue weighted by Crippen LogP contribution is 2.35. The first-order chi connectivity index (χ1) is 7.99. The Balaban J connectivity index is 3.33. The summed E-state index contributed by atoms with van der Waals surface area (Å²) in [5, 5.41) is 0. The van der Waals surface area contributed by atoms with Crippen molar-refractivity contribution in [3.63, 3.8) is 0 Å². The van der Waals surface area contributed by atoms with Crippen molar-refractivity contribution in [2.75, 3.05) is 20.0 Å². The van der Waals surface area contributed by atoms with Gasteiger partial charge in [-0.1, -0.05) is 0 Å². The van der Waals surface area contributed by atoms with E-state index in [4.69, 9.17) is 15.2 Å². The molecule has 5 heteroatoms. The monoisotopic (exact) mass is 239 g/mol. The largest absolute Gasteiger partial charge is 0.493 e. The quantitative estimate of drug-likeness (QED) is 0.641. The van der Waals surface area contributed by atoms with Gasteiger partial charge in [-0.25, -0.2) is 4.79 Å². The summed E-state index contributed by atoms with van der Waals surface area (Å²) in [7, 11) is 2.79. The Morgan fingerprint density at radius 1 is 1.29 bits per heavy atom. The fourth-order valence-electron chi connectivity index (χ4n) is 1.39. The smallest absolute Gasteiger partial charge is 0.341 e. The van der Waals surface area contributed by atoms with Crippen molar-refractivity contribution in [2.45, 2.75) is 20.0 Å². The van der Waals surface area contributed by atoms with Crippen LogP contribution in [0, 0.1) is 0 Å². The van der Waals surface area contributed by atoms with Gasteiger partial charge in [0.05, 0.1) is 20.3 Å². The van der Waals surface area contributed by atoms with Crippen LogP contribution in [0.5, 0.6) is 11.5 Å². The van der Waals surface area contributed by atoms with Gasteiger partial charge in [0.25, 0.3) is 0 Å². The molecule has 17 heavy (non-hydrogen) atoms. The minimum atomic E-state index is -0.508. The van der Waals surface area contributed by atoms with E-state index in [0.717, 1.165) is 0 Å². The van der Waals surface area contributed by atoms with Crippen molar-refractivity contribution in [3.05, 3.63) is 17.7 Å². The number of benzene rings is 1. The van der Waals surface area contributed by atoms with E-state index < -0.39 is 5.97 Å². The fourth-order valence-corrected chi connectivity index (χ4v) is 1.39. The maximum atomic E-state index is 11.6. The molecule has 0 unspecified atom stereocenters. The van der Waals surface area contributed by atoms with Gasteiger partial charge in [-0.2, -0.15) is 0 Å². The molecule has 0 heterocycles. The molecule has 0 amide bonds. The van der Waals surface area contributed by atoms with Crippen molar-refractivity contribution < 1.29 is 19.0 Å². The Morgan fingerprint density at radius 3 is 2.41 bits per heavy atom. The molecule has 0 fully saturated rings. The van der Waals surface area contributed by atoms with Crippen LogP contribution >= 0.6 is 0 Å². The average Bonchev–Trinajstić information content (AvgIpc) is 2.29. The van der Waals surface area contributed by atoms with Crippen molar-refractivity contribution in [1.29, 1.82) is 0 Å². The maximum Gasteiger partial charge on any atom is 0.341 e. The van der Waals surface area contributed by atoms with Crippen LogP contribution in [-0.2, 0) is 4.74 Å². The van der Waals surface area contributed by atoms with Crippen LogP contribution in [0.3, 0.4) is 0 Å². The Hall–Kier alpha value is -1.91. The van der Waals surface area contributed by atoms with Crippen molar-refractivity contribution in [3.8, 4) is 11.5 Å². The first-order valence-corrected chi connectivity index (χ1v) is 5.22. The molecule has 0 saturated heterocycles. The second-order valence-electron chi connectivity index (χ2n) is 3.76. The van der Waals surface area contributed by atoms with Crippen LogP contribution in [0.25, 0.3) is 0 Å². The molecule has 1 aromatic rings. The summed E-state index contributed by atoms with van der Waals surface area (Å²) in [4.78, 5) is 11.6. The summed E-state index contributed by atoms with van der Waals surface area (Å²) in [5.74, 6) is 0.258. The number of nitrogen functional groups attached to an aromatic ring is 1. The molecule has 1 rings (SSSR count). The second-order valence-corrected chi connectivity index (χ2v) is 3.76. The fraction of sp³-hybridized carbons (Fsp3) is 0.417. The van der Waals surface area contributed by atoms with Crippen LogP contribution in [0.2, 0.25) is 0 Å². The molecule has 0 spiro atoms. The third kappa shape index (κ3) is 3.03. The number of carbonyl (C=O) groups excluding carboxylic acids is 1. The van der Waals surface area contributed by atoms with Crippen LogP contribution in [0.4, 0.5) is 5.69 Å². The number of methoxy groups -OCH3 is 2. The Labute approximate surface area is 100 Å². The van der Waals surface area contributed by atoms with E-state index in [1.165, 1.54) is 20.3 Å². The highest BCUT2D eigenvalue weighted by molar-refractivity contribution is 5.94. The van der Waals surface area contributed by atoms with E-state index >= 15 is 0 Å². The Bertz CT molecular complexity index is 415. The zero-order valence-electron chi connectivity index (χ0n) is 10.4. The normalized spacial score (nSPS) is 10.2. The minimum Gasteiger partial charge on any atom is -0.493 e. The lowest BCUT2D eigenvalue weighted by Gasteiger charge is -2.17. The number of anilines is 1. The summed E-state index contributed by atoms with van der Waals surface area (Å²) < 4.78 is 15.4. The lowest BCUT2D eigenvalue weighted by molar-refractivity contribution is 0.0593. The summed E-state index contributed by atoms with van der Waals surface area (Å²) in [6, 6.07) is 3.11. The highest BCUT2D eigenvalue weighted by Gasteiger charge is 2.20. The summed E-state index contributed by atoms with van der Waals surface area (Å²) >= 11 is 0. The summed E-state index contributed by atoms with van der Waals surface area (Å²) in [5.41, 5.74) is 6.36. The van der Waals surface area contributed by atoms with E-state index in [9.17, 15) is 4.79 Å². The highest BCUT2D eigenvalue weighted by atomic mass is 16.5. The molecule has 0 aromatic heterocycles. The summed E-state index contributed by atoms with van der Waals surface area (Å²) in [6.45, 7) is 3.72. The Kier molecular flexibility index (Phi) is 4.20. The van der Waals surface area contributed by atoms with E-state index in [1.807, 2.05) is 13.8 Å². The van der Waals surface area contributed by atoms with E-state index in [-0.39, 0.29) is 11.7 Å². The number of carbonyl (C=O) groups is 1. The van der Waals surface area contributed by atoms with Gasteiger partial charge in [-0.3, -0.25) is 0 Å². The van der Waals surface area contributed by atoms with Gasteiger partial charge >= 0.3 is 5.97 Å². The Morgan fingerprint density at radius 2 is 1.94 bits per heavy atom. The van der Waals surface area contributed by atoms with Gasteiger partial charge in [0.15, 0.2) is 11.5 Å². The van der Waals surface area contributed by atoms with Crippen LogP contribution in [-0.4, -0.2) is 26.3 Å². The number of esters is 1. The topological polar surface area (TPSA) is 70.8 Å². The molecule has 1 aromatic carbocycles. The molecular formula is C12H17NO4. The number of rotatable bonds is 4. The zero-order chi connectivity index (χ0) is 13.0. The van der Waals surface area contributed by atoms with Crippen molar-refractivity contribution in [2.24, 2.45) is 0 Å². The number of hydrogen-bond donors (Lipinski definition) is 1. The van der Waals surface area contributed by atoms with Crippen LogP contribution in [0.15, 0.2) is 12.1 Å². The predicted molar refractivity (Wildman–Crippen MR) is 64.5 cm³/mol. The third-order valence-corrected chi connectivity index (χ3v) is 2.06.